The average Bonchev–Trinajstić information content (AvgIpc) is 2.94. The van der Waals surface area contributed by atoms with Crippen molar-refractivity contribution in [1.82, 2.24) is 14.4 Å². The first-order chi connectivity index (χ1) is 9.33. The van der Waals surface area contributed by atoms with Crippen LogP contribution < -0.4 is 16.2 Å². The summed E-state index contributed by atoms with van der Waals surface area (Å²) in [5, 5.41) is 0. The molecule has 0 amide bonds. The average molecular weight is 262 g/mol. The zero-order valence-corrected chi connectivity index (χ0v) is 10.9. The van der Waals surface area contributed by atoms with E-state index in [1.54, 1.807) is 6.20 Å². The van der Waals surface area contributed by atoms with Crippen molar-refractivity contribution in [3.8, 4) is 0 Å². The topological polar surface area (TPSA) is 80.7 Å². The fraction of sp³-hybridized carbons (Fsp3) is 0.500. The fourth-order valence-electron chi connectivity index (χ4n) is 2.45. The molecule has 1 aliphatic heterocycles. The van der Waals surface area contributed by atoms with Gasteiger partial charge in [-0.2, -0.15) is 0 Å². The van der Waals surface area contributed by atoms with Gasteiger partial charge in [-0.05, 0) is 6.42 Å². The van der Waals surface area contributed by atoms with E-state index in [1.807, 2.05) is 16.8 Å². The Balaban J connectivity index is 2.08. The molecule has 1 unspecified atom stereocenters. The van der Waals surface area contributed by atoms with Gasteiger partial charge in [0.25, 0.3) is 0 Å². The third-order valence-electron chi connectivity index (χ3n) is 3.48. The Morgan fingerprint density at radius 2 is 2.47 bits per heavy atom. The van der Waals surface area contributed by atoms with Crippen molar-refractivity contribution in [1.29, 1.82) is 0 Å². The number of nitrogens with zero attached hydrogens (tertiary/aromatic N) is 4. The summed E-state index contributed by atoms with van der Waals surface area (Å²) in [6, 6.07) is 0.328. The van der Waals surface area contributed by atoms with E-state index < -0.39 is 0 Å². The first-order valence-electron chi connectivity index (χ1n) is 6.48. The highest BCUT2D eigenvalue weighted by Crippen LogP contribution is 2.25. The molecule has 0 radical (unpaired) electrons. The highest BCUT2D eigenvalue weighted by Gasteiger charge is 2.25. The van der Waals surface area contributed by atoms with Crippen molar-refractivity contribution in [2.75, 3.05) is 30.1 Å². The molecule has 1 fully saturated rings. The van der Waals surface area contributed by atoms with Crippen LogP contribution in [0.15, 0.2) is 18.6 Å². The molecule has 1 atom stereocenters. The maximum atomic E-state index is 5.54. The van der Waals surface area contributed by atoms with Gasteiger partial charge in [-0.3, -0.25) is 0 Å². The highest BCUT2D eigenvalue weighted by atomic mass is 16.5. The monoisotopic (exact) mass is 262 g/mol. The zero-order valence-electron chi connectivity index (χ0n) is 10.9. The summed E-state index contributed by atoms with van der Waals surface area (Å²) < 4.78 is 7.47. The summed E-state index contributed by atoms with van der Waals surface area (Å²) in [4.78, 5) is 11.2. The van der Waals surface area contributed by atoms with Crippen molar-refractivity contribution in [3.05, 3.63) is 18.6 Å². The van der Waals surface area contributed by atoms with Gasteiger partial charge in [0, 0.05) is 18.9 Å². The number of nitrogens with two attached hydrogens (primary N) is 1. The molecule has 0 aromatic carbocycles. The predicted molar refractivity (Wildman–Crippen MR) is 73.0 cm³/mol. The van der Waals surface area contributed by atoms with E-state index in [0.29, 0.717) is 18.5 Å². The summed E-state index contributed by atoms with van der Waals surface area (Å²) in [5.74, 6) is 6.97. The molecule has 0 bridgehead atoms. The molecule has 102 valence electrons. The first-order valence-corrected chi connectivity index (χ1v) is 6.48. The fourth-order valence-corrected chi connectivity index (χ4v) is 2.45. The minimum atomic E-state index is 0.328. The number of rotatable bonds is 3. The van der Waals surface area contributed by atoms with E-state index in [0.717, 1.165) is 31.0 Å². The van der Waals surface area contributed by atoms with E-state index >= 15 is 0 Å². The number of anilines is 2. The lowest BCUT2D eigenvalue weighted by Crippen LogP contribution is -2.46. The standard InChI is InChI=1S/C12H18N6O/c1-2-9-8-19-6-5-18(9)12-11-14-3-4-17(11)7-10(15-12)16-13/h3-4,7,9,16H,2,5-6,8,13H2,1H3. The van der Waals surface area contributed by atoms with Crippen molar-refractivity contribution < 1.29 is 4.74 Å². The second kappa shape index (κ2) is 5.02. The van der Waals surface area contributed by atoms with E-state index in [1.165, 1.54) is 0 Å². The van der Waals surface area contributed by atoms with Crippen LogP contribution in [0.1, 0.15) is 13.3 Å². The van der Waals surface area contributed by atoms with Crippen LogP contribution in [0.2, 0.25) is 0 Å². The lowest BCUT2D eigenvalue weighted by molar-refractivity contribution is 0.0927. The molecular formula is C12H18N6O. The van der Waals surface area contributed by atoms with Crippen LogP contribution in [-0.2, 0) is 4.74 Å². The molecule has 19 heavy (non-hydrogen) atoms. The molecule has 3 N–H and O–H groups in total. The summed E-state index contributed by atoms with van der Waals surface area (Å²) in [6.07, 6.45) is 6.49. The second-order valence-electron chi connectivity index (χ2n) is 4.58. The molecule has 0 aliphatic carbocycles. The molecule has 2 aromatic heterocycles. The Morgan fingerprint density at radius 1 is 1.58 bits per heavy atom. The van der Waals surface area contributed by atoms with Crippen LogP contribution in [-0.4, -0.2) is 40.2 Å². The lowest BCUT2D eigenvalue weighted by Gasteiger charge is -2.36. The molecular weight excluding hydrogens is 244 g/mol. The number of imidazole rings is 1. The van der Waals surface area contributed by atoms with E-state index in [2.05, 4.69) is 27.2 Å². The Bertz CT molecular complexity index is 568. The van der Waals surface area contributed by atoms with Crippen molar-refractivity contribution in [2.24, 2.45) is 5.84 Å². The molecule has 7 heteroatoms. The smallest absolute Gasteiger partial charge is 0.180 e. The second-order valence-corrected chi connectivity index (χ2v) is 4.58. The van der Waals surface area contributed by atoms with Crippen LogP contribution in [0, 0.1) is 0 Å². The van der Waals surface area contributed by atoms with Gasteiger partial charge in [0.15, 0.2) is 17.3 Å². The number of hydrogen-bond donors (Lipinski definition) is 2. The van der Waals surface area contributed by atoms with Crippen LogP contribution in [0.5, 0.6) is 0 Å². The van der Waals surface area contributed by atoms with E-state index in [4.69, 9.17) is 10.6 Å². The molecule has 1 aliphatic rings. The molecule has 3 rings (SSSR count). The molecule has 0 saturated carbocycles. The normalized spacial score (nSPS) is 19.9. The Labute approximate surface area is 111 Å². The van der Waals surface area contributed by atoms with Crippen LogP contribution in [0.25, 0.3) is 5.65 Å². The molecule has 3 heterocycles. The van der Waals surface area contributed by atoms with Crippen molar-refractivity contribution >= 4 is 17.3 Å². The molecule has 1 saturated heterocycles. The van der Waals surface area contributed by atoms with Gasteiger partial charge in [0.2, 0.25) is 0 Å². The Morgan fingerprint density at radius 3 is 3.26 bits per heavy atom. The summed E-state index contributed by atoms with van der Waals surface area (Å²) >= 11 is 0. The largest absolute Gasteiger partial charge is 0.377 e. The van der Waals surface area contributed by atoms with Crippen molar-refractivity contribution in [3.63, 3.8) is 0 Å². The summed E-state index contributed by atoms with van der Waals surface area (Å²) in [6.45, 7) is 4.42. The Kier molecular flexibility index (Phi) is 3.22. The van der Waals surface area contributed by atoms with Crippen LogP contribution in [0.3, 0.4) is 0 Å². The minimum Gasteiger partial charge on any atom is -0.377 e. The van der Waals surface area contributed by atoms with Gasteiger partial charge in [-0.25, -0.2) is 15.8 Å². The number of ether oxygens (including phenoxy) is 1. The van der Waals surface area contributed by atoms with Gasteiger partial charge in [0.05, 0.1) is 25.5 Å². The van der Waals surface area contributed by atoms with E-state index in [-0.39, 0.29) is 0 Å². The number of fused-ring (bicyclic) bond motifs is 1. The number of hydrogen-bond acceptors (Lipinski definition) is 6. The molecule has 7 nitrogen and oxygen atoms in total. The van der Waals surface area contributed by atoms with E-state index in [9.17, 15) is 0 Å². The van der Waals surface area contributed by atoms with Crippen molar-refractivity contribution in [2.45, 2.75) is 19.4 Å². The quantitative estimate of drug-likeness (QED) is 0.624. The van der Waals surface area contributed by atoms with Gasteiger partial charge in [-0.1, -0.05) is 6.92 Å². The highest BCUT2D eigenvalue weighted by molar-refractivity contribution is 5.67. The number of nitrogen functional groups attached to an aromatic ring is 1. The van der Waals surface area contributed by atoms with Crippen LogP contribution in [0.4, 0.5) is 11.6 Å². The van der Waals surface area contributed by atoms with Crippen LogP contribution >= 0.6 is 0 Å². The predicted octanol–water partition coefficient (Wildman–Crippen LogP) is 0.630. The molecule has 2 aromatic rings. The molecule has 0 spiro atoms. The van der Waals surface area contributed by atoms with Gasteiger partial charge in [0.1, 0.15) is 0 Å². The third kappa shape index (κ3) is 2.11. The maximum Gasteiger partial charge on any atom is 0.180 e. The zero-order chi connectivity index (χ0) is 13.2. The summed E-state index contributed by atoms with van der Waals surface area (Å²) in [5.41, 5.74) is 3.45. The maximum absolute atomic E-state index is 5.54. The number of morpholine rings is 1. The lowest BCUT2D eigenvalue weighted by atomic mass is 10.2. The number of aromatic nitrogens is 3. The Hall–Kier alpha value is -1.86. The third-order valence-corrected chi connectivity index (χ3v) is 3.48. The number of hydrazine groups is 1. The summed E-state index contributed by atoms with van der Waals surface area (Å²) in [7, 11) is 0. The SMILES string of the molecule is CCC1COCCN1c1nc(NN)cn2ccnc12. The minimum absolute atomic E-state index is 0.328. The van der Waals surface area contributed by atoms with Gasteiger partial charge >= 0.3 is 0 Å². The first kappa shape index (κ1) is 12.2. The number of nitrogens with one attached hydrogen (secondary N) is 1. The van der Waals surface area contributed by atoms with Gasteiger partial charge < -0.3 is 19.5 Å². The van der Waals surface area contributed by atoms with Gasteiger partial charge in [-0.15, -0.1) is 0 Å².